The number of fused-ring (bicyclic) bond motifs is 1. The molecule has 0 radical (unpaired) electrons. The monoisotopic (exact) mass is 284 g/mol. The first-order valence-electron chi connectivity index (χ1n) is 6.92. The lowest BCUT2D eigenvalue weighted by molar-refractivity contribution is 0.454. The standard InChI is InChI=1S/C16H16N2OS/c1-16(8-9-16)17-10-11-6-7-13(19-11)15-18-12-4-2-3-5-14(12)20-15/h2-7,17H,8-10H2,1H3. The molecule has 4 rings (SSSR count). The SMILES string of the molecule is CC1(NCc2ccc(-c3nc4ccccc4s3)o2)CC1. The lowest BCUT2D eigenvalue weighted by Crippen LogP contribution is -2.26. The van der Waals surface area contributed by atoms with Gasteiger partial charge in [0, 0.05) is 5.54 Å². The molecule has 1 saturated carbocycles. The number of aromatic nitrogens is 1. The summed E-state index contributed by atoms with van der Waals surface area (Å²) in [6.07, 6.45) is 2.52. The zero-order valence-electron chi connectivity index (χ0n) is 11.3. The first kappa shape index (κ1) is 12.1. The van der Waals surface area contributed by atoms with Crippen LogP contribution in [-0.2, 0) is 6.54 Å². The fourth-order valence-corrected chi connectivity index (χ4v) is 3.16. The van der Waals surface area contributed by atoms with Crippen LogP contribution in [0, 0.1) is 0 Å². The lowest BCUT2D eigenvalue weighted by Gasteiger charge is -2.08. The second kappa shape index (κ2) is 4.43. The molecule has 20 heavy (non-hydrogen) atoms. The van der Waals surface area contributed by atoms with Gasteiger partial charge in [0.05, 0.1) is 16.8 Å². The van der Waals surface area contributed by atoms with E-state index in [2.05, 4.69) is 23.3 Å². The molecule has 0 bridgehead atoms. The Morgan fingerprint density at radius 2 is 2.10 bits per heavy atom. The van der Waals surface area contributed by atoms with Crippen molar-refractivity contribution in [2.75, 3.05) is 0 Å². The van der Waals surface area contributed by atoms with Gasteiger partial charge in [0.1, 0.15) is 5.76 Å². The highest BCUT2D eigenvalue weighted by Crippen LogP contribution is 2.35. The zero-order chi connectivity index (χ0) is 13.6. The largest absolute Gasteiger partial charge is 0.457 e. The average molecular weight is 284 g/mol. The van der Waals surface area contributed by atoms with E-state index in [1.165, 1.54) is 17.5 Å². The highest BCUT2D eigenvalue weighted by atomic mass is 32.1. The molecule has 0 atom stereocenters. The molecule has 2 heterocycles. The maximum Gasteiger partial charge on any atom is 0.163 e. The smallest absolute Gasteiger partial charge is 0.163 e. The van der Waals surface area contributed by atoms with E-state index in [1.54, 1.807) is 11.3 Å². The van der Waals surface area contributed by atoms with Crippen LogP contribution in [0.1, 0.15) is 25.5 Å². The third kappa shape index (κ3) is 2.25. The summed E-state index contributed by atoms with van der Waals surface area (Å²) < 4.78 is 7.11. The van der Waals surface area contributed by atoms with E-state index in [4.69, 9.17) is 4.42 Å². The molecule has 0 unspecified atom stereocenters. The summed E-state index contributed by atoms with van der Waals surface area (Å²) >= 11 is 1.67. The fourth-order valence-electron chi connectivity index (χ4n) is 2.23. The van der Waals surface area contributed by atoms with Gasteiger partial charge in [0.15, 0.2) is 10.8 Å². The van der Waals surface area contributed by atoms with Crippen molar-refractivity contribution in [2.45, 2.75) is 31.8 Å². The van der Waals surface area contributed by atoms with Gasteiger partial charge in [-0.15, -0.1) is 11.3 Å². The van der Waals surface area contributed by atoms with Crippen molar-refractivity contribution in [3.63, 3.8) is 0 Å². The first-order chi connectivity index (χ1) is 9.72. The van der Waals surface area contributed by atoms with Crippen LogP contribution < -0.4 is 5.32 Å². The minimum absolute atomic E-state index is 0.336. The maximum absolute atomic E-state index is 5.91. The van der Waals surface area contributed by atoms with Crippen molar-refractivity contribution in [3.05, 3.63) is 42.2 Å². The molecule has 0 spiro atoms. The highest BCUT2D eigenvalue weighted by molar-refractivity contribution is 7.21. The number of hydrogen-bond donors (Lipinski definition) is 1. The Hall–Kier alpha value is -1.65. The van der Waals surface area contributed by atoms with Crippen molar-refractivity contribution in [3.8, 4) is 10.8 Å². The zero-order valence-corrected chi connectivity index (χ0v) is 12.2. The number of furan rings is 1. The van der Waals surface area contributed by atoms with E-state index in [-0.39, 0.29) is 0 Å². The van der Waals surface area contributed by atoms with Gasteiger partial charge in [-0.3, -0.25) is 0 Å². The molecule has 0 amide bonds. The summed E-state index contributed by atoms with van der Waals surface area (Å²) in [4.78, 5) is 4.62. The Morgan fingerprint density at radius 3 is 2.90 bits per heavy atom. The molecule has 1 N–H and O–H groups in total. The Bertz CT molecular complexity index is 722. The molecule has 4 heteroatoms. The van der Waals surface area contributed by atoms with Gasteiger partial charge >= 0.3 is 0 Å². The van der Waals surface area contributed by atoms with Crippen molar-refractivity contribution < 1.29 is 4.42 Å². The van der Waals surface area contributed by atoms with Crippen molar-refractivity contribution >= 4 is 21.6 Å². The molecule has 1 fully saturated rings. The van der Waals surface area contributed by atoms with Crippen LogP contribution in [0.3, 0.4) is 0 Å². The van der Waals surface area contributed by atoms with Gasteiger partial charge in [0.2, 0.25) is 0 Å². The van der Waals surface area contributed by atoms with Gasteiger partial charge in [-0.1, -0.05) is 12.1 Å². The molecule has 0 saturated heterocycles. The number of para-hydroxylation sites is 1. The van der Waals surface area contributed by atoms with Crippen LogP contribution in [0.25, 0.3) is 21.0 Å². The maximum atomic E-state index is 5.91. The van der Waals surface area contributed by atoms with Crippen LogP contribution in [0.4, 0.5) is 0 Å². The molecule has 1 aliphatic rings. The number of rotatable bonds is 4. The van der Waals surface area contributed by atoms with Crippen molar-refractivity contribution in [1.82, 2.24) is 10.3 Å². The topological polar surface area (TPSA) is 38.1 Å². The predicted molar refractivity (Wildman–Crippen MR) is 81.8 cm³/mol. The molecule has 102 valence electrons. The van der Waals surface area contributed by atoms with Crippen LogP contribution in [-0.4, -0.2) is 10.5 Å². The van der Waals surface area contributed by atoms with Crippen LogP contribution in [0.15, 0.2) is 40.8 Å². The third-order valence-electron chi connectivity index (χ3n) is 3.86. The summed E-state index contributed by atoms with van der Waals surface area (Å²) in [6.45, 7) is 3.05. The Morgan fingerprint density at radius 1 is 1.25 bits per heavy atom. The molecule has 1 aliphatic carbocycles. The van der Waals surface area contributed by atoms with E-state index in [1.807, 2.05) is 30.3 Å². The number of thiazole rings is 1. The van der Waals surface area contributed by atoms with E-state index < -0.39 is 0 Å². The van der Waals surface area contributed by atoms with Crippen molar-refractivity contribution in [2.24, 2.45) is 0 Å². The molecule has 1 aromatic carbocycles. The van der Waals surface area contributed by atoms with Gasteiger partial charge < -0.3 is 9.73 Å². The highest BCUT2D eigenvalue weighted by Gasteiger charge is 2.36. The van der Waals surface area contributed by atoms with E-state index >= 15 is 0 Å². The van der Waals surface area contributed by atoms with E-state index in [0.29, 0.717) is 5.54 Å². The van der Waals surface area contributed by atoms with Crippen molar-refractivity contribution in [1.29, 1.82) is 0 Å². The molecule has 0 aliphatic heterocycles. The van der Waals surface area contributed by atoms with E-state index in [0.717, 1.165) is 28.6 Å². The molecule has 3 nitrogen and oxygen atoms in total. The molecular weight excluding hydrogens is 268 g/mol. The quantitative estimate of drug-likeness (QED) is 0.780. The second-order valence-electron chi connectivity index (χ2n) is 5.67. The Balaban J connectivity index is 1.57. The Kier molecular flexibility index (Phi) is 2.69. The lowest BCUT2D eigenvalue weighted by atomic mass is 10.3. The molecular formula is C16H16N2OS. The second-order valence-corrected chi connectivity index (χ2v) is 6.70. The van der Waals surface area contributed by atoms with E-state index in [9.17, 15) is 0 Å². The van der Waals surface area contributed by atoms with Crippen LogP contribution in [0.2, 0.25) is 0 Å². The van der Waals surface area contributed by atoms with Gasteiger partial charge in [-0.05, 0) is 44.0 Å². The number of nitrogens with one attached hydrogen (secondary N) is 1. The average Bonchev–Trinajstić information content (AvgIpc) is 2.93. The summed E-state index contributed by atoms with van der Waals surface area (Å²) in [6, 6.07) is 12.2. The van der Waals surface area contributed by atoms with Gasteiger partial charge in [0.25, 0.3) is 0 Å². The van der Waals surface area contributed by atoms with Crippen LogP contribution >= 0.6 is 11.3 Å². The number of nitrogens with zero attached hydrogens (tertiary/aromatic N) is 1. The molecule has 3 aromatic rings. The molecule has 2 aromatic heterocycles. The predicted octanol–water partition coefficient (Wildman–Crippen LogP) is 4.20. The number of benzene rings is 1. The summed E-state index contributed by atoms with van der Waals surface area (Å²) in [7, 11) is 0. The first-order valence-corrected chi connectivity index (χ1v) is 7.73. The minimum Gasteiger partial charge on any atom is -0.457 e. The Labute approximate surface area is 121 Å². The van der Waals surface area contributed by atoms with Gasteiger partial charge in [-0.25, -0.2) is 4.98 Å². The fraction of sp³-hybridized carbons (Fsp3) is 0.312. The summed E-state index contributed by atoms with van der Waals surface area (Å²) in [5.41, 5.74) is 1.37. The summed E-state index contributed by atoms with van der Waals surface area (Å²) in [5.74, 6) is 1.84. The minimum atomic E-state index is 0.336. The normalized spacial score (nSPS) is 16.6. The third-order valence-corrected chi connectivity index (χ3v) is 4.91. The summed E-state index contributed by atoms with van der Waals surface area (Å²) in [5, 5.41) is 4.48. The van der Waals surface area contributed by atoms with Crippen LogP contribution in [0.5, 0.6) is 0 Å². The van der Waals surface area contributed by atoms with Gasteiger partial charge in [-0.2, -0.15) is 0 Å². The number of hydrogen-bond acceptors (Lipinski definition) is 4.